The van der Waals surface area contributed by atoms with Crippen LogP contribution in [0.15, 0.2) is 36.4 Å². The molecule has 86 valence electrons. The molecule has 0 radical (unpaired) electrons. The minimum absolute atomic E-state index is 0.433. The molecule has 0 saturated heterocycles. The molecule has 1 atom stereocenters. The number of rotatable bonds is 2. The molecule has 0 aliphatic heterocycles. The first kappa shape index (κ1) is 10.5. The van der Waals surface area contributed by atoms with Gasteiger partial charge in [-0.1, -0.05) is 36.4 Å². The first-order chi connectivity index (χ1) is 8.40. The molecule has 2 aromatic carbocycles. The Morgan fingerprint density at radius 2 is 2.06 bits per heavy atom. The van der Waals surface area contributed by atoms with Crippen molar-refractivity contribution in [2.75, 3.05) is 0 Å². The van der Waals surface area contributed by atoms with Crippen LogP contribution in [0.2, 0.25) is 0 Å². The quantitative estimate of drug-likeness (QED) is 0.708. The summed E-state index contributed by atoms with van der Waals surface area (Å²) in [7, 11) is 0. The van der Waals surface area contributed by atoms with Crippen molar-refractivity contribution in [3.8, 4) is 0 Å². The summed E-state index contributed by atoms with van der Waals surface area (Å²) in [4.78, 5) is 10.8. The zero-order valence-corrected chi connectivity index (χ0v) is 9.86. The second-order valence-electron chi connectivity index (χ2n) is 4.85. The zero-order valence-electron chi connectivity index (χ0n) is 9.86. The standard InChI is InChI=1S/C16H16O/c17-11-10-14-6-3-5-13-9-8-12-4-1-2-7-15(12)16(13)14/h1-2,4,7-9,11,14H,3,5-6,10H2/t14-/m1/s1. The van der Waals surface area contributed by atoms with Crippen molar-refractivity contribution < 1.29 is 4.79 Å². The largest absolute Gasteiger partial charge is 0.303 e. The Morgan fingerprint density at radius 3 is 2.94 bits per heavy atom. The molecule has 2 aromatic rings. The maximum absolute atomic E-state index is 10.8. The van der Waals surface area contributed by atoms with Crippen LogP contribution in [0.25, 0.3) is 10.8 Å². The van der Waals surface area contributed by atoms with Crippen LogP contribution >= 0.6 is 0 Å². The molecule has 0 unspecified atom stereocenters. The number of aryl methyl sites for hydroxylation is 1. The Kier molecular flexibility index (Phi) is 2.68. The lowest BCUT2D eigenvalue weighted by molar-refractivity contribution is -0.108. The number of fused-ring (bicyclic) bond motifs is 3. The van der Waals surface area contributed by atoms with Crippen molar-refractivity contribution in [3.63, 3.8) is 0 Å². The second kappa shape index (κ2) is 4.33. The van der Waals surface area contributed by atoms with Gasteiger partial charge in [0.15, 0.2) is 0 Å². The van der Waals surface area contributed by atoms with Gasteiger partial charge in [0.2, 0.25) is 0 Å². The molecule has 1 aliphatic rings. The highest BCUT2D eigenvalue weighted by molar-refractivity contribution is 5.87. The van der Waals surface area contributed by atoms with Gasteiger partial charge >= 0.3 is 0 Å². The summed E-state index contributed by atoms with van der Waals surface area (Å²) < 4.78 is 0. The van der Waals surface area contributed by atoms with E-state index in [1.54, 1.807) is 0 Å². The molecule has 17 heavy (non-hydrogen) atoms. The van der Waals surface area contributed by atoms with Gasteiger partial charge in [0.1, 0.15) is 6.29 Å². The molecular formula is C16H16O. The lowest BCUT2D eigenvalue weighted by atomic mass is 9.79. The van der Waals surface area contributed by atoms with E-state index in [-0.39, 0.29) is 0 Å². The monoisotopic (exact) mass is 224 g/mol. The van der Waals surface area contributed by atoms with Gasteiger partial charge in [-0.3, -0.25) is 0 Å². The van der Waals surface area contributed by atoms with Gasteiger partial charge < -0.3 is 4.79 Å². The SMILES string of the molecule is O=CC[C@H]1CCCc2ccc3ccccc3c21. The maximum Gasteiger partial charge on any atom is 0.120 e. The summed E-state index contributed by atoms with van der Waals surface area (Å²) in [6.07, 6.45) is 5.27. The normalized spacial score (nSPS) is 18.9. The van der Waals surface area contributed by atoms with Crippen molar-refractivity contribution in [2.24, 2.45) is 0 Å². The van der Waals surface area contributed by atoms with Gasteiger partial charge in [0.05, 0.1) is 0 Å². The number of benzene rings is 2. The van der Waals surface area contributed by atoms with Crippen LogP contribution in [0.4, 0.5) is 0 Å². The predicted octanol–water partition coefficient (Wildman–Crippen LogP) is 3.85. The average molecular weight is 224 g/mol. The Balaban J connectivity index is 2.24. The van der Waals surface area contributed by atoms with Crippen molar-refractivity contribution in [1.29, 1.82) is 0 Å². The lowest BCUT2D eigenvalue weighted by Gasteiger charge is -2.25. The van der Waals surface area contributed by atoms with Gasteiger partial charge in [0.25, 0.3) is 0 Å². The third-order valence-electron chi connectivity index (χ3n) is 3.85. The highest BCUT2D eigenvalue weighted by atomic mass is 16.1. The van der Waals surface area contributed by atoms with Crippen LogP contribution in [-0.2, 0) is 11.2 Å². The molecule has 1 heteroatoms. The van der Waals surface area contributed by atoms with Gasteiger partial charge in [-0.05, 0) is 47.1 Å². The predicted molar refractivity (Wildman–Crippen MR) is 70.3 cm³/mol. The van der Waals surface area contributed by atoms with Gasteiger partial charge in [0, 0.05) is 6.42 Å². The topological polar surface area (TPSA) is 17.1 Å². The number of hydrogen-bond acceptors (Lipinski definition) is 1. The van der Waals surface area contributed by atoms with Crippen LogP contribution < -0.4 is 0 Å². The van der Waals surface area contributed by atoms with E-state index in [2.05, 4.69) is 36.4 Å². The minimum atomic E-state index is 0.433. The zero-order chi connectivity index (χ0) is 11.7. The third kappa shape index (κ3) is 1.76. The van der Waals surface area contributed by atoms with Crippen molar-refractivity contribution >= 4 is 17.1 Å². The highest BCUT2D eigenvalue weighted by Gasteiger charge is 2.21. The summed E-state index contributed by atoms with van der Waals surface area (Å²) in [6, 6.07) is 13.0. The summed E-state index contributed by atoms with van der Waals surface area (Å²) in [5, 5.41) is 2.64. The molecule has 0 heterocycles. The fourth-order valence-electron chi connectivity index (χ4n) is 3.08. The number of carbonyl (C=O) groups excluding carboxylic acids is 1. The molecule has 0 amide bonds. The average Bonchev–Trinajstić information content (AvgIpc) is 2.39. The number of hydrogen-bond donors (Lipinski definition) is 0. The summed E-state index contributed by atoms with van der Waals surface area (Å²) >= 11 is 0. The smallest absolute Gasteiger partial charge is 0.120 e. The van der Waals surface area contributed by atoms with Gasteiger partial charge in [-0.2, -0.15) is 0 Å². The van der Waals surface area contributed by atoms with Crippen molar-refractivity contribution in [1.82, 2.24) is 0 Å². The first-order valence-corrected chi connectivity index (χ1v) is 6.34. The molecule has 0 spiro atoms. The van der Waals surface area contributed by atoms with E-state index in [0.29, 0.717) is 12.3 Å². The molecule has 0 fully saturated rings. The van der Waals surface area contributed by atoms with Crippen molar-refractivity contribution in [2.45, 2.75) is 31.6 Å². The molecular weight excluding hydrogens is 208 g/mol. The molecule has 0 bridgehead atoms. The summed E-state index contributed by atoms with van der Waals surface area (Å²) in [5.74, 6) is 0.433. The third-order valence-corrected chi connectivity index (χ3v) is 3.85. The maximum atomic E-state index is 10.8. The highest BCUT2D eigenvalue weighted by Crippen LogP contribution is 2.38. The molecule has 1 aliphatic carbocycles. The van der Waals surface area contributed by atoms with E-state index in [4.69, 9.17) is 0 Å². The van der Waals surface area contributed by atoms with E-state index >= 15 is 0 Å². The Labute approximate surface area is 101 Å². The molecule has 1 nitrogen and oxygen atoms in total. The van der Waals surface area contributed by atoms with Crippen LogP contribution in [0.5, 0.6) is 0 Å². The fraction of sp³-hybridized carbons (Fsp3) is 0.312. The molecule has 3 rings (SSSR count). The molecule has 0 N–H and O–H groups in total. The van der Waals surface area contributed by atoms with Crippen LogP contribution in [0.3, 0.4) is 0 Å². The van der Waals surface area contributed by atoms with E-state index in [9.17, 15) is 4.79 Å². The van der Waals surface area contributed by atoms with E-state index in [1.807, 2.05) is 0 Å². The fourth-order valence-corrected chi connectivity index (χ4v) is 3.08. The Bertz CT molecular complexity index is 556. The van der Waals surface area contributed by atoms with Crippen LogP contribution in [0, 0.1) is 0 Å². The summed E-state index contributed by atoms with van der Waals surface area (Å²) in [6.45, 7) is 0. The number of aldehydes is 1. The van der Waals surface area contributed by atoms with Gasteiger partial charge in [-0.25, -0.2) is 0 Å². The van der Waals surface area contributed by atoms with Crippen LogP contribution in [0.1, 0.15) is 36.3 Å². The Hall–Kier alpha value is -1.63. The van der Waals surface area contributed by atoms with Gasteiger partial charge in [-0.15, -0.1) is 0 Å². The van der Waals surface area contributed by atoms with Crippen LogP contribution in [-0.4, -0.2) is 6.29 Å². The van der Waals surface area contributed by atoms with Crippen molar-refractivity contribution in [3.05, 3.63) is 47.5 Å². The summed E-state index contributed by atoms with van der Waals surface area (Å²) in [5.41, 5.74) is 2.88. The number of carbonyl (C=O) groups is 1. The lowest BCUT2D eigenvalue weighted by Crippen LogP contribution is -2.10. The molecule has 0 saturated carbocycles. The second-order valence-corrected chi connectivity index (χ2v) is 4.85. The van der Waals surface area contributed by atoms with E-state index in [0.717, 1.165) is 19.1 Å². The first-order valence-electron chi connectivity index (χ1n) is 6.34. The Morgan fingerprint density at radius 1 is 1.18 bits per heavy atom. The van der Waals surface area contributed by atoms with E-state index < -0.39 is 0 Å². The van der Waals surface area contributed by atoms with E-state index in [1.165, 1.54) is 28.3 Å². The minimum Gasteiger partial charge on any atom is -0.303 e. The molecule has 0 aromatic heterocycles.